The third kappa shape index (κ3) is 4.17. The molecule has 9 nitrogen and oxygen atoms in total. The van der Waals surface area contributed by atoms with Gasteiger partial charge in [0.2, 0.25) is 0 Å². The predicted octanol–water partition coefficient (Wildman–Crippen LogP) is 0.521. The zero-order chi connectivity index (χ0) is 22.0. The van der Waals surface area contributed by atoms with Crippen molar-refractivity contribution in [3.05, 3.63) is 45.4 Å². The molecule has 2 aromatic heterocycles. The first-order valence-corrected chi connectivity index (χ1v) is 10.4. The summed E-state index contributed by atoms with van der Waals surface area (Å²) in [6.07, 6.45) is 3.08. The van der Waals surface area contributed by atoms with E-state index in [2.05, 4.69) is 16.8 Å². The van der Waals surface area contributed by atoms with Gasteiger partial charge in [0.05, 0.1) is 18.8 Å². The van der Waals surface area contributed by atoms with Crippen LogP contribution < -0.4 is 10.5 Å². The number of carbonyl (C=O) groups excluding carboxylic acids is 1. The number of hydrogen-bond acceptors (Lipinski definition) is 7. The number of anilines is 1. The minimum absolute atomic E-state index is 0.0659. The number of amides is 1. The minimum atomic E-state index is -0.385. The number of nitrogens with zero attached hydrogens (tertiary/aromatic N) is 6. The third-order valence-corrected chi connectivity index (χ3v) is 5.80. The number of ether oxygens (including phenoxy) is 1. The fraction of sp³-hybridized carbons (Fsp3) is 0.455. The smallest absolute Gasteiger partial charge is 0.267 e. The van der Waals surface area contributed by atoms with Gasteiger partial charge in [-0.05, 0) is 31.7 Å². The molecule has 2 aliphatic rings. The second-order valence-electron chi connectivity index (χ2n) is 7.90. The van der Waals surface area contributed by atoms with Gasteiger partial charge in [-0.2, -0.15) is 5.26 Å². The van der Waals surface area contributed by atoms with Gasteiger partial charge < -0.3 is 19.4 Å². The van der Waals surface area contributed by atoms with E-state index in [-0.39, 0.29) is 22.6 Å². The SMILES string of the molecule is Cc1cccn2c(=O)c(C=C(C#N)C(=O)N3CCOCC3)c(N3CCN(C)CC3)nc12. The van der Waals surface area contributed by atoms with Crippen LogP contribution in [0.5, 0.6) is 0 Å². The summed E-state index contributed by atoms with van der Waals surface area (Å²) in [6.45, 7) is 6.76. The first kappa shape index (κ1) is 21.0. The van der Waals surface area contributed by atoms with Crippen LogP contribution >= 0.6 is 0 Å². The fourth-order valence-corrected chi connectivity index (χ4v) is 3.91. The van der Waals surface area contributed by atoms with Crippen LogP contribution in [0.1, 0.15) is 11.1 Å². The normalized spacial score (nSPS) is 18.3. The molecule has 0 bridgehead atoms. The monoisotopic (exact) mass is 422 g/mol. The maximum absolute atomic E-state index is 13.4. The Morgan fingerprint density at radius 1 is 1.19 bits per heavy atom. The number of rotatable bonds is 3. The van der Waals surface area contributed by atoms with Gasteiger partial charge >= 0.3 is 0 Å². The molecular weight excluding hydrogens is 396 g/mol. The molecule has 2 aliphatic heterocycles. The third-order valence-electron chi connectivity index (χ3n) is 5.80. The summed E-state index contributed by atoms with van der Waals surface area (Å²) in [5, 5.41) is 9.73. The lowest BCUT2D eigenvalue weighted by atomic mass is 10.1. The largest absolute Gasteiger partial charge is 0.378 e. The van der Waals surface area contributed by atoms with Crippen LogP contribution in [0, 0.1) is 18.3 Å². The van der Waals surface area contributed by atoms with Crippen LogP contribution in [0.3, 0.4) is 0 Å². The van der Waals surface area contributed by atoms with Gasteiger partial charge in [-0.1, -0.05) is 6.07 Å². The average Bonchev–Trinajstić information content (AvgIpc) is 2.80. The Bertz CT molecular complexity index is 1120. The summed E-state index contributed by atoms with van der Waals surface area (Å²) < 4.78 is 6.78. The highest BCUT2D eigenvalue weighted by Crippen LogP contribution is 2.22. The number of carbonyl (C=O) groups is 1. The van der Waals surface area contributed by atoms with E-state index in [1.54, 1.807) is 17.2 Å². The molecule has 162 valence electrons. The van der Waals surface area contributed by atoms with Crippen LogP contribution in [0.2, 0.25) is 0 Å². The molecule has 1 amide bonds. The number of pyridine rings is 1. The van der Waals surface area contributed by atoms with Crippen molar-refractivity contribution in [1.82, 2.24) is 19.2 Å². The molecule has 31 heavy (non-hydrogen) atoms. The lowest BCUT2D eigenvalue weighted by Gasteiger charge is -2.34. The molecule has 2 aromatic rings. The highest BCUT2D eigenvalue weighted by Gasteiger charge is 2.25. The van der Waals surface area contributed by atoms with Crippen molar-refractivity contribution in [2.75, 3.05) is 64.4 Å². The molecular formula is C22H26N6O3. The first-order chi connectivity index (χ1) is 15.0. The molecule has 9 heteroatoms. The standard InChI is InChI=1S/C22H26N6O3/c1-16-4-3-5-28-19(16)24-20(26-8-6-25(2)7-9-26)18(22(28)30)14-17(15-23)21(29)27-10-12-31-13-11-27/h3-5,14H,6-13H2,1-2H3. The molecule has 2 fully saturated rings. The quantitative estimate of drug-likeness (QED) is 0.526. The van der Waals surface area contributed by atoms with E-state index < -0.39 is 0 Å². The van der Waals surface area contributed by atoms with Crippen LogP contribution in [0.25, 0.3) is 11.7 Å². The topological polar surface area (TPSA) is 94.2 Å². The molecule has 0 radical (unpaired) electrons. The highest BCUT2D eigenvalue weighted by molar-refractivity contribution is 6.02. The number of likely N-dealkylation sites (N-methyl/N-ethyl adjacent to an activating group) is 1. The molecule has 0 aliphatic carbocycles. The number of aryl methyl sites for hydroxylation is 1. The minimum Gasteiger partial charge on any atom is -0.378 e. The Kier molecular flexibility index (Phi) is 6.02. The number of piperazine rings is 1. The highest BCUT2D eigenvalue weighted by atomic mass is 16.5. The van der Waals surface area contributed by atoms with E-state index in [0.717, 1.165) is 18.7 Å². The van der Waals surface area contributed by atoms with E-state index in [0.29, 0.717) is 50.9 Å². The maximum Gasteiger partial charge on any atom is 0.267 e. The summed E-state index contributed by atoms with van der Waals surface area (Å²) in [5.74, 6) is 0.138. The molecule has 0 unspecified atom stereocenters. The Balaban J connectivity index is 1.84. The number of hydrogen-bond donors (Lipinski definition) is 0. The zero-order valence-electron chi connectivity index (χ0n) is 17.9. The van der Waals surface area contributed by atoms with Crippen molar-refractivity contribution in [3.8, 4) is 6.07 Å². The number of nitriles is 1. The Morgan fingerprint density at radius 3 is 2.58 bits per heavy atom. The molecule has 0 atom stereocenters. The zero-order valence-corrected chi connectivity index (χ0v) is 17.9. The maximum atomic E-state index is 13.4. The van der Waals surface area contributed by atoms with E-state index in [9.17, 15) is 14.9 Å². The number of fused-ring (bicyclic) bond motifs is 1. The molecule has 2 saturated heterocycles. The lowest BCUT2D eigenvalue weighted by Crippen LogP contribution is -2.45. The van der Waals surface area contributed by atoms with Gasteiger partial charge in [0.25, 0.3) is 11.5 Å². The van der Waals surface area contributed by atoms with E-state index in [4.69, 9.17) is 9.72 Å². The Labute approximate surface area is 180 Å². The molecule has 4 heterocycles. The molecule has 0 N–H and O–H groups in total. The van der Waals surface area contributed by atoms with Crippen LogP contribution in [0.4, 0.5) is 5.82 Å². The molecule has 0 aromatic carbocycles. The molecule has 0 saturated carbocycles. The Hall–Kier alpha value is -3.22. The van der Waals surface area contributed by atoms with Crippen molar-refractivity contribution >= 4 is 23.4 Å². The predicted molar refractivity (Wildman–Crippen MR) is 117 cm³/mol. The van der Waals surface area contributed by atoms with Crippen LogP contribution in [-0.4, -0.2) is 84.6 Å². The summed E-state index contributed by atoms with van der Waals surface area (Å²) in [7, 11) is 2.06. The van der Waals surface area contributed by atoms with Crippen molar-refractivity contribution in [1.29, 1.82) is 5.26 Å². The average molecular weight is 422 g/mol. The second kappa shape index (κ2) is 8.88. The second-order valence-corrected chi connectivity index (χ2v) is 7.90. The van der Waals surface area contributed by atoms with Gasteiger partial charge in [-0.15, -0.1) is 0 Å². The van der Waals surface area contributed by atoms with Crippen molar-refractivity contribution in [3.63, 3.8) is 0 Å². The summed E-state index contributed by atoms with van der Waals surface area (Å²) in [5.41, 5.74) is 1.38. The number of morpholine rings is 1. The van der Waals surface area contributed by atoms with E-state index >= 15 is 0 Å². The molecule has 4 rings (SSSR count). The summed E-state index contributed by atoms with van der Waals surface area (Å²) in [4.78, 5) is 37.1. The van der Waals surface area contributed by atoms with Crippen molar-refractivity contribution < 1.29 is 9.53 Å². The fourth-order valence-electron chi connectivity index (χ4n) is 3.91. The van der Waals surface area contributed by atoms with Crippen LogP contribution in [0.15, 0.2) is 28.7 Å². The van der Waals surface area contributed by atoms with Crippen molar-refractivity contribution in [2.24, 2.45) is 0 Å². The van der Waals surface area contributed by atoms with Gasteiger partial charge in [-0.25, -0.2) is 4.98 Å². The van der Waals surface area contributed by atoms with Gasteiger partial charge in [0.15, 0.2) is 0 Å². The summed E-state index contributed by atoms with van der Waals surface area (Å²) in [6, 6.07) is 5.70. The van der Waals surface area contributed by atoms with Gasteiger partial charge in [0, 0.05) is 45.5 Å². The Morgan fingerprint density at radius 2 is 1.90 bits per heavy atom. The molecule has 0 spiro atoms. The number of aromatic nitrogens is 2. The van der Waals surface area contributed by atoms with Crippen LogP contribution in [-0.2, 0) is 9.53 Å². The van der Waals surface area contributed by atoms with Gasteiger partial charge in [0.1, 0.15) is 23.1 Å². The van der Waals surface area contributed by atoms with Crippen molar-refractivity contribution in [2.45, 2.75) is 6.92 Å². The first-order valence-electron chi connectivity index (χ1n) is 10.4. The lowest BCUT2D eigenvalue weighted by molar-refractivity contribution is -0.130. The summed E-state index contributed by atoms with van der Waals surface area (Å²) >= 11 is 0. The van der Waals surface area contributed by atoms with E-state index in [1.807, 2.05) is 19.1 Å². The van der Waals surface area contributed by atoms with E-state index in [1.165, 1.54) is 10.5 Å². The van der Waals surface area contributed by atoms with Gasteiger partial charge in [-0.3, -0.25) is 14.0 Å².